The zero-order valence-electron chi connectivity index (χ0n) is 14.6. The maximum atomic E-state index is 13.0. The van der Waals surface area contributed by atoms with E-state index >= 15 is 0 Å². The van der Waals surface area contributed by atoms with Crippen LogP contribution in [0.5, 0.6) is 0 Å². The van der Waals surface area contributed by atoms with Crippen LogP contribution in [0.4, 0.5) is 0 Å². The predicted molar refractivity (Wildman–Crippen MR) is 88.4 cm³/mol. The molecule has 0 bridgehead atoms. The third-order valence-electron chi connectivity index (χ3n) is 7.31. The van der Waals surface area contributed by atoms with Crippen LogP contribution in [0.3, 0.4) is 0 Å². The Morgan fingerprint density at radius 1 is 1.09 bits per heavy atom. The van der Waals surface area contributed by atoms with Crippen molar-refractivity contribution in [1.82, 2.24) is 0 Å². The van der Waals surface area contributed by atoms with Crippen LogP contribution < -0.4 is 0 Å². The molecule has 0 aliphatic heterocycles. The summed E-state index contributed by atoms with van der Waals surface area (Å²) in [6.07, 6.45) is 7.41. The first kappa shape index (κ1) is 16.0. The standard InChI is InChI=1S/C20H30O2/c1-6-19(4)11-13-14(21)10-16-18(2,3)8-7-9-20(16,5)17(13)15(22)12-19/h6,13,16-17H,1,7-12H2,2-5H3/t13-,16-,17+,19-,20-/m1/s1. The van der Waals surface area contributed by atoms with Gasteiger partial charge in [0.1, 0.15) is 11.6 Å². The fraction of sp³-hybridized carbons (Fsp3) is 0.800. The molecule has 3 aliphatic rings. The van der Waals surface area contributed by atoms with Crippen LogP contribution in [-0.2, 0) is 9.59 Å². The highest BCUT2D eigenvalue weighted by Crippen LogP contribution is 2.63. The maximum absolute atomic E-state index is 13.0. The zero-order chi connectivity index (χ0) is 16.3. The summed E-state index contributed by atoms with van der Waals surface area (Å²) in [4.78, 5) is 25.9. The van der Waals surface area contributed by atoms with Crippen molar-refractivity contribution in [2.45, 2.75) is 66.2 Å². The summed E-state index contributed by atoms with van der Waals surface area (Å²) in [5, 5.41) is 0. The summed E-state index contributed by atoms with van der Waals surface area (Å²) in [6.45, 7) is 12.9. The van der Waals surface area contributed by atoms with Crippen molar-refractivity contribution in [2.24, 2.45) is 34.0 Å². The van der Waals surface area contributed by atoms with Crippen LogP contribution >= 0.6 is 0 Å². The van der Waals surface area contributed by atoms with E-state index in [1.165, 1.54) is 12.8 Å². The Morgan fingerprint density at radius 2 is 1.77 bits per heavy atom. The molecule has 3 fully saturated rings. The second kappa shape index (κ2) is 4.79. The Labute approximate surface area is 134 Å². The highest BCUT2D eigenvalue weighted by molar-refractivity contribution is 5.93. The van der Waals surface area contributed by atoms with Crippen molar-refractivity contribution in [1.29, 1.82) is 0 Å². The molecule has 3 aliphatic carbocycles. The van der Waals surface area contributed by atoms with E-state index in [2.05, 4.69) is 34.3 Å². The van der Waals surface area contributed by atoms with Crippen molar-refractivity contribution >= 4 is 11.6 Å². The minimum absolute atomic E-state index is 0.0138. The average Bonchev–Trinajstić information content (AvgIpc) is 2.40. The second-order valence-electron chi connectivity index (χ2n) is 9.36. The third-order valence-corrected chi connectivity index (χ3v) is 7.31. The Hall–Kier alpha value is -0.920. The third kappa shape index (κ3) is 2.13. The number of carbonyl (C=O) groups excluding carboxylic acids is 2. The molecule has 0 heterocycles. The van der Waals surface area contributed by atoms with Crippen LogP contribution in [0.15, 0.2) is 12.7 Å². The van der Waals surface area contributed by atoms with Gasteiger partial charge in [0.15, 0.2) is 0 Å². The van der Waals surface area contributed by atoms with Gasteiger partial charge in [0.25, 0.3) is 0 Å². The van der Waals surface area contributed by atoms with E-state index in [0.717, 1.165) is 12.8 Å². The molecule has 0 amide bonds. The van der Waals surface area contributed by atoms with Gasteiger partial charge in [-0.15, -0.1) is 6.58 Å². The number of hydrogen-bond acceptors (Lipinski definition) is 2. The summed E-state index contributed by atoms with van der Waals surface area (Å²) in [6, 6.07) is 0. The molecular formula is C20H30O2. The van der Waals surface area contributed by atoms with Gasteiger partial charge in [-0.25, -0.2) is 0 Å². The molecule has 0 aromatic carbocycles. The van der Waals surface area contributed by atoms with Gasteiger partial charge in [0, 0.05) is 24.7 Å². The molecule has 122 valence electrons. The Morgan fingerprint density at radius 3 is 2.41 bits per heavy atom. The topological polar surface area (TPSA) is 34.1 Å². The fourth-order valence-corrected chi connectivity index (χ4v) is 6.11. The highest BCUT2D eigenvalue weighted by atomic mass is 16.1. The van der Waals surface area contributed by atoms with Crippen LogP contribution in [0.25, 0.3) is 0 Å². The van der Waals surface area contributed by atoms with Gasteiger partial charge in [-0.3, -0.25) is 9.59 Å². The lowest BCUT2D eigenvalue weighted by Crippen LogP contribution is -2.59. The Kier molecular flexibility index (Phi) is 3.47. The van der Waals surface area contributed by atoms with E-state index < -0.39 is 0 Å². The molecule has 5 atom stereocenters. The molecule has 0 spiro atoms. The van der Waals surface area contributed by atoms with Gasteiger partial charge < -0.3 is 0 Å². The first-order valence-electron chi connectivity index (χ1n) is 8.82. The zero-order valence-corrected chi connectivity index (χ0v) is 14.6. The van der Waals surface area contributed by atoms with Crippen molar-refractivity contribution < 1.29 is 9.59 Å². The number of ketones is 2. The smallest absolute Gasteiger partial charge is 0.138 e. The monoisotopic (exact) mass is 302 g/mol. The number of rotatable bonds is 1. The molecule has 0 aromatic rings. The van der Waals surface area contributed by atoms with Gasteiger partial charge in [-0.1, -0.05) is 40.2 Å². The number of carbonyl (C=O) groups is 2. The van der Waals surface area contributed by atoms with E-state index in [0.29, 0.717) is 30.3 Å². The van der Waals surface area contributed by atoms with E-state index in [9.17, 15) is 9.59 Å². The summed E-state index contributed by atoms with van der Waals surface area (Å²) >= 11 is 0. The van der Waals surface area contributed by atoms with Crippen LogP contribution in [0.1, 0.15) is 66.2 Å². The molecule has 3 saturated carbocycles. The van der Waals surface area contributed by atoms with Gasteiger partial charge in [-0.2, -0.15) is 0 Å². The molecule has 0 unspecified atom stereocenters. The number of fused-ring (bicyclic) bond motifs is 3. The highest BCUT2D eigenvalue weighted by Gasteiger charge is 2.61. The minimum Gasteiger partial charge on any atom is -0.299 e. The lowest BCUT2D eigenvalue weighted by Gasteiger charge is -2.60. The largest absolute Gasteiger partial charge is 0.299 e. The summed E-state index contributed by atoms with van der Waals surface area (Å²) < 4.78 is 0. The van der Waals surface area contributed by atoms with Gasteiger partial charge in [0.2, 0.25) is 0 Å². The van der Waals surface area contributed by atoms with Crippen LogP contribution in [-0.4, -0.2) is 11.6 Å². The molecule has 0 radical (unpaired) electrons. The first-order chi connectivity index (χ1) is 10.1. The van der Waals surface area contributed by atoms with E-state index in [-0.39, 0.29) is 28.1 Å². The lowest BCUT2D eigenvalue weighted by atomic mass is 9.43. The van der Waals surface area contributed by atoms with Crippen molar-refractivity contribution in [3.8, 4) is 0 Å². The fourth-order valence-electron chi connectivity index (χ4n) is 6.11. The Bertz CT molecular complexity index is 532. The molecule has 3 rings (SSSR count). The van der Waals surface area contributed by atoms with E-state index in [1.807, 2.05) is 6.08 Å². The number of hydrogen-bond donors (Lipinski definition) is 0. The Balaban J connectivity index is 2.03. The molecule has 0 saturated heterocycles. The number of Topliss-reactive ketones (excluding diaryl/α,β-unsaturated/α-hetero) is 2. The first-order valence-corrected chi connectivity index (χ1v) is 8.82. The van der Waals surface area contributed by atoms with Crippen LogP contribution in [0.2, 0.25) is 0 Å². The molecule has 0 aromatic heterocycles. The summed E-state index contributed by atoms with van der Waals surface area (Å²) in [5.74, 6) is 0.894. The summed E-state index contributed by atoms with van der Waals surface area (Å²) in [7, 11) is 0. The second-order valence-corrected chi connectivity index (χ2v) is 9.36. The lowest BCUT2D eigenvalue weighted by molar-refractivity contribution is -0.166. The van der Waals surface area contributed by atoms with Gasteiger partial charge >= 0.3 is 0 Å². The van der Waals surface area contributed by atoms with E-state index in [1.54, 1.807) is 0 Å². The van der Waals surface area contributed by atoms with Crippen LogP contribution in [0, 0.1) is 34.0 Å². The molecule has 0 N–H and O–H groups in total. The van der Waals surface area contributed by atoms with Gasteiger partial charge in [0.05, 0.1) is 0 Å². The SMILES string of the molecule is C=C[C@@]1(C)CC(=O)[C@@H]2[C@H](C1)C(=O)C[C@@H]1C(C)(C)CCC[C@@]21C. The normalized spacial score (nSPS) is 47.5. The molecule has 22 heavy (non-hydrogen) atoms. The van der Waals surface area contributed by atoms with Crippen molar-refractivity contribution in [2.75, 3.05) is 0 Å². The van der Waals surface area contributed by atoms with Crippen molar-refractivity contribution in [3.63, 3.8) is 0 Å². The van der Waals surface area contributed by atoms with Gasteiger partial charge in [-0.05, 0) is 41.4 Å². The number of allylic oxidation sites excluding steroid dienone is 1. The molecular weight excluding hydrogens is 272 g/mol. The van der Waals surface area contributed by atoms with Crippen molar-refractivity contribution in [3.05, 3.63) is 12.7 Å². The van der Waals surface area contributed by atoms with E-state index in [4.69, 9.17) is 0 Å². The molecule has 2 heteroatoms. The quantitative estimate of drug-likeness (QED) is 0.664. The minimum atomic E-state index is -0.193. The summed E-state index contributed by atoms with van der Waals surface area (Å²) in [5.41, 5.74) is -0.00566. The molecule has 2 nitrogen and oxygen atoms in total. The average molecular weight is 302 g/mol. The maximum Gasteiger partial charge on any atom is 0.138 e. The predicted octanol–water partition coefficient (Wildman–Crippen LogP) is 4.58.